The van der Waals surface area contributed by atoms with E-state index in [1.165, 1.54) is 4.90 Å². The summed E-state index contributed by atoms with van der Waals surface area (Å²) in [6.45, 7) is 8.32. The summed E-state index contributed by atoms with van der Waals surface area (Å²) in [5.41, 5.74) is 1.71. The van der Waals surface area contributed by atoms with Crippen LogP contribution in [0.4, 0.5) is 5.69 Å². The Morgan fingerprint density at radius 2 is 1.59 bits per heavy atom. The fraction of sp³-hybridized carbons (Fsp3) is 0.579. The smallest absolute Gasteiger partial charge is 0.261 e. The number of carbonyl (C=O) groups is 2. The molecule has 2 N–H and O–H groups in total. The summed E-state index contributed by atoms with van der Waals surface area (Å²) < 4.78 is 25.7. The maximum atomic E-state index is 12.2. The van der Waals surface area contributed by atoms with E-state index in [2.05, 4.69) is 10.0 Å². The Bertz CT molecular complexity index is 813. The molecule has 0 aromatic heterocycles. The predicted molar refractivity (Wildman–Crippen MR) is 106 cm³/mol. The molecule has 0 radical (unpaired) electrons. The Hall–Kier alpha value is -1.93. The maximum absolute atomic E-state index is 12.2. The highest BCUT2D eigenvalue weighted by molar-refractivity contribution is 7.90. The number of hydrogen-bond donors (Lipinski definition) is 2. The fourth-order valence-electron chi connectivity index (χ4n) is 2.77. The number of imide groups is 1. The Morgan fingerprint density at radius 3 is 2.22 bits per heavy atom. The number of benzene rings is 1. The zero-order valence-electron chi connectivity index (χ0n) is 16.5. The van der Waals surface area contributed by atoms with E-state index < -0.39 is 14.8 Å². The number of rotatable bonds is 9. The van der Waals surface area contributed by atoms with Gasteiger partial charge in [0, 0.05) is 25.3 Å². The normalized spacial score (nSPS) is 14.6. The molecule has 0 saturated carbocycles. The van der Waals surface area contributed by atoms with Crippen LogP contribution in [0.5, 0.6) is 0 Å². The zero-order valence-corrected chi connectivity index (χ0v) is 17.3. The molecule has 0 fully saturated rings. The molecule has 0 aliphatic carbocycles. The molecular weight excluding hydrogens is 366 g/mol. The summed E-state index contributed by atoms with van der Waals surface area (Å²) in [6.07, 6.45) is 2.52. The van der Waals surface area contributed by atoms with Crippen LogP contribution in [0.2, 0.25) is 0 Å². The van der Waals surface area contributed by atoms with E-state index in [0.717, 1.165) is 24.9 Å². The summed E-state index contributed by atoms with van der Waals surface area (Å²) in [4.78, 5) is 25.5. The fourth-order valence-corrected chi connectivity index (χ4v) is 3.62. The van der Waals surface area contributed by atoms with Crippen molar-refractivity contribution in [1.82, 2.24) is 9.62 Å². The predicted octanol–water partition coefficient (Wildman–Crippen LogP) is 2.60. The molecule has 2 rings (SSSR count). The van der Waals surface area contributed by atoms with Gasteiger partial charge < -0.3 is 5.32 Å². The van der Waals surface area contributed by atoms with Crippen molar-refractivity contribution in [2.45, 2.75) is 51.7 Å². The summed E-state index contributed by atoms with van der Waals surface area (Å²) in [5, 5.41) is 3.25. The zero-order chi connectivity index (χ0) is 20.2. The minimum atomic E-state index is -3.28. The number of nitrogens with one attached hydrogen (secondary N) is 2. The first kappa shape index (κ1) is 21.4. The highest BCUT2D eigenvalue weighted by Crippen LogP contribution is 2.25. The Labute approximate surface area is 161 Å². The maximum Gasteiger partial charge on any atom is 0.261 e. The molecule has 1 aromatic carbocycles. The molecular formula is C19H29N3O4S. The summed E-state index contributed by atoms with van der Waals surface area (Å²) >= 11 is 0. The molecule has 1 aliphatic heterocycles. The number of fused-ring (bicyclic) bond motifs is 1. The van der Waals surface area contributed by atoms with Gasteiger partial charge in [-0.15, -0.1) is 0 Å². The van der Waals surface area contributed by atoms with Gasteiger partial charge in [-0.3, -0.25) is 14.5 Å². The third kappa shape index (κ3) is 4.87. The van der Waals surface area contributed by atoms with Crippen LogP contribution in [-0.2, 0) is 10.0 Å². The topological polar surface area (TPSA) is 95.6 Å². The van der Waals surface area contributed by atoms with Crippen LogP contribution in [-0.4, -0.2) is 49.5 Å². The lowest BCUT2D eigenvalue weighted by Gasteiger charge is -2.19. The quantitative estimate of drug-likeness (QED) is 0.495. The first-order valence-electron chi connectivity index (χ1n) is 9.32. The average Bonchev–Trinajstić information content (AvgIpc) is 2.83. The van der Waals surface area contributed by atoms with Crippen LogP contribution in [0.15, 0.2) is 18.2 Å². The molecule has 8 heteroatoms. The molecule has 1 heterocycles. The van der Waals surface area contributed by atoms with Gasteiger partial charge in [-0.1, -0.05) is 6.42 Å². The minimum absolute atomic E-state index is 0.234. The monoisotopic (exact) mass is 395 g/mol. The average molecular weight is 396 g/mol. The van der Waals surface area contributed by atoms with Crippen LogP contribution in [0.3, 0.4) is 0 Å². The second-order valence-electron chi connectivity index (χ2n) is 7.61. The first-order valence-corrected chi connectivity index (χ1v) is 10.8. The summed E-state index contributed by atoms with van der Waals surface area (Å²) in [5.74, 6) is -0.478. The molecule has 0 bridgehead atoms. The molecule has 1 aromatic rings. The Morgan fingerprint density at radius 1 is 0.963 bits per heavy atom. The van der Waals surface area contributed by atoms with Crippen molar-refractivity contribution in [3.63, 3.8) is 0 Å². The van der Waals surface area contributed by atoms with Gasteiger partial charge in [-0.2, -0.15) is 0 Å². The number of nitrogens with zero attached hydrogens (tertiary/aromatic N) is 1. The van der Waals surface area contributed by atoms with Crippen LogP contribution >= 0.6 is 0 Å². The van der Waals surface area contributed by atoms with E-state index in [9.17, 15) is 18.0 Å². The van der Waals surface area contributed by atoms with Crippen molar-refractivity contribution < 1.29 is 18.0 Å². The van der Waals surface area contributed by atoms with Crippen molar-refractivity contribution in [3.05, 3.63) is 29.3 Å². The Balaban J connectivity index is 1.74. The lowest BCUT2D eigenvalue weighted by Crippen LogP contribution is -2.39. The van der Waals surface area contributed by atoms with Crippen LogP contribution in [0.25, 0.3) is 0 Å². The summed E-state index contributed by atoms with van der Waals surface area (Å²) in [6, 6.07) is 5.22. The van der Waals surface area contributed by atoms with Crippen molar-refractivity contribution in [2.24, 2.45) is 0 Å². The number of hydrogen-bond acceptors (Lipinski definition) is 5. The van der Waals surface area contributed by atoms with Gasteiger partial charge in [-0.25, -0.2) is 13.1 Å². The standard InChI is InChI=1S/C19H29N3O4S/c1-5-22-17(23)15-10-9-14(13-16(15)18(22)24)20-11-7-6-8-12-21-27(25,26)19(2,3)4/h9-10,13,20-21H,5-8,11-12H2,1-4H3. The molecule has 0 saturated heterocycles. The van der Waals surface area contributed by atoms with Crippen LogP contribution in [0.1, 0.15) is 67.7 Å². The number of carbonyl (C=O) groups excluding carboxylic acids is 2. The molecule has 0 unspecified atom stereocenters. The number of unbranched alkanes of at least 4 members (excludes halogenated alkanes) is 2. The van der Waals surface area contributed by atoms with Gasteiger partial charge in [0.25, 0.3) is 11.8 Å². The molecule has 7 nitrogen and oxygen atoms in total. The lowest BCUT2D eigenvalue weighted by atomic mass is 10.1. The van der Waals surface area contributed by atoms with Crippen LogP contribution < -0.4 is 10.0 Å². The highest BCUT2D eigenvalue weighted by atomic mass is 32.2. The number of sulfonamides is 1. The van der Waals surface area contributed by atoms with Gasteiger partial charge in [0.15, 0.2) is 0 Å². The van der Waals surface area contributed by atoms with Crippen molar-refractivity contribution >= 4 is 27.5 Å². The lowest BCUT2D eigenvalue weighted by molar-refractivity contribution is 0.0663. The SMILES string of the molecule is CCN1C(=O)c2ccc(NCCCCCNS(=O)(=O)C(C)(C)C)cc2C1=O. The summed E-state index contributed by atoms with van der Waals surface area (Å²) in [7, 11) is -3.28. The van der Waals surface area contributed by atoms with E-state index in [1.54, 1.807) is 45.9 Å². The molecule has 0 atom stereocenters. The van der Waals surface area contributed by atoms with E-state index in [0.29, 0.717) is 30.8 Å². The number of amides is 2. The first-order chi connectivity index (χ1) is 12.6. The van der Waals surface area contributed by atoms with E-state index in [4.69, 9.17) is 0 Å². The van der Waals surface area contributed by atoms with Crippen molar-refractivity contribution in [2.75, 3.05) is 25.0 Å². The van der Waals surface area contributed by atoms with Gasteiger partial charge in [0.2, 0.25) is 10.0 Å². The number of anilines is 1. The molecule has 2 amide bonds. The highest BCUT2D eigenvalue weighted by Gasteiger charge is 2.34. The largest absolute Gasteiger partial charge is 0.385 e. The van der Waals surface area contributed by atoms with Gasteiger partial charge in [0.05, 0.1) is 15.9 Å². The minimum Gasteiger partial charge on any atom is -0.385 e. The third-order valence-electron chi connectivity index (χ3n) is 4.57. The van der Waals surface area contributed by atoms with Crippen molar-refractivity contribution in [3.8, 4) is 0 Å². The molecule has 0 spiro atoms. The van der Waals surface area contributed by atoms with E-state index in [-0.39, 0.29) is 11.8 Å². The second-order valence-corrected chi connectivity index (χ2v) is 10.1. The third-order valence-corrected chi connectivity index (χ3v) is 6.76. The molecule has 1 aliphatic rings. The second kappa shape index (κ2) is 8.39. The Kier molecular flexibility index (Phi) is 6.64. The van der Waals surface area contributed by atoms with Gasteiger partial charge in [-0.05, 0) is 58.7 Å². The van der Waals surface area contributed by atoms with E-state index in [1.807, 2.05) is 0 Å². The van der Waals surface area contributed by atoms with Crippen LogP contribution in [0, 0.1) is 0 Å². The van der Waals surface area contributed by atoms with E-state index >= 15 is 0 Å². The van der Waals surface area contributed by atoms with Gasteiger partial charge >= 0.3 is 0 Å². The molecule has 150 valence electrons. The van der Waals surface area contributed by atoms with Gasteiger partial charge in [0.1, 0.15) is 0 Å². The van der Waals surface area contributed by atoms with Crippen molar-refractivity contribution in [1.29, 1.82) is 0 Å². The molecule has 27 heavy (non-hydrogen) atoms.